The second kappa shape index (κ2) is 9.73. The van der Waals surface area contributed by atoms with E-state index in [4.69, 9.17) is 0 Å². The number of hydrogen-bond donors (Lipinski definition) is 2. The van der Waals surface area contributed by atoms with Gasteiger partial charge in [0, 0.05) is 40.0 Å². The predicted molar refractivity (Wildman–Crippen MR) is 62.1 cm³/mol. The van der Waals surface area contributed by atoms with Crippen LogP contribution in [0.2, 0.25) is 0 Å². The van der Waals surface area contributed by atoms with Gasteiger partial charge in [0.15, 0.2) is 0 Å². The molecule has 0 atom stereocenters. The summed E-state index contributed by atoms with van der Waals surface area (Å²) in [6.45, 7) is 1.14. The molecule has 0 saturated carbocycles. The third-order valence-corrected chi connectivity index (χ3v) is 1.97. The third kappa shape index (κ3) is 8.20. The average molecular weight is 238 g/mol. The zero-order valence-corrected chi connectivity index (χ0v) is 10.3. The molecule has 0 aliphatic rings. The molecule has 2 amide bonds. The van der Waals surface area contributed by atoms with Crippen LogP contribution in [0.25, 0.3) is 0 Å². The van der Waals surface area contributed by atoms with Gasteiger partial charge in [-0.2, -0.15) is 0 Å². The van der Waals surface area contributed by atoms with E-state index in [0.29, 0.717) is 25.9 Å². The van der Waals surface area contributed by atoms with Gasteiger partial charge in [-0.15, -0.1) is 12.4 Å². The molecule has 0 bridgehead atoms. The largest absolute Gasteiger partial charge is 0.359 e. The normalized spacial score (nSPS) is 9.00. The van der Waals surface area contributed by atoms with Gasteiger partial charge in [0.1, 0.15) is 0 Å². The summed E-state index contributed by atoms with van der Waals surface area (Å²) in [5, 5.41) is 5.42. The van der Waals surface area contributed by atoms with Crippen molar-refractivity contribution in [3.8, 4) is 0 Å². The maximum atomic E-state index is 11.4. The van der Waals surface area contributed by atoms with Gasteiger partial charge in [0.05, 0.1) is 0 Å². The number of nitrogens with one attached hydrogen (secondary N) is 2. The van der Waals surface area contributed by atoms with Gasteiger partial charge in [-0.1, -0.05) is 0 Å². The number of nitrogens with zero attached hydrogens (tertiary/aromatic N) is 1. The van der Waals surface area contributed by atoms with Crippen molar-refractivity contribution < 1.29 is 9.59 Å². The topological polar surface area (TPSA) is 61.4 Å². The number of carbonyl (C=O) groups excluding carboxylic acids is 2. The van der Waals surface area contributed by atoms with Crippen molar-refractivity contribution in [3.63, 3.8) is 0 Å². The molecule has 0 radical (unpaired) electrons. The Balaban J connectivity index is 0. The van der Waals surface area contributed by atoms with Crippen molar-refractivity contribution >= 4 is 24.2 Å². The first-order chi connectivity index (χ1) is 6.61. The SMILES string of the molecule is CNCCC(=O)N(C)CCC(=O)NC.Cl. The molecule has 15 heavy (non-hydrogen) atoms. The standard InChI is InChI=1S/C9H19N3O2.ClH/c1-10-6-4-9(14)12(3)7-5-8(13)11-2;/h10H,4-7H2,1-3H3,(H,11,13);1H. The van der Waals surface area contributed by atoms with Crippen LogP contribution in [0, 0.1) is 0 Å². The molecule has 0 aliphatic heterocycles. The first-order valence-corrected chi connectivity index (χ1v) is 4.71. The van der Waals surface area contributed by atoms with Crippen LogP contribution in [0.15, 0.2) is 0 Å². The monoisotopic (exact) mass is 237 g/mol. The zero-order valence-electron chi connectivity index (χ0n) is 9.50. The van der Waals surface area contributed by atoms with Gasteiger partial charge in [0.25, 0.3) is 0 Å². The Labute approximate surface area is 97.0 Å². The lowest BCUT2D eigenvalue weighted by Crippen LogP contribution is -2.32. The van der Waals surface area contributed by atoms with Gasteiger partial charge in [-0.3, -0.25) is 9.59 Å². The van der Waals surface area contributed by atoms with E-state index in [9.17, 15) is 9.59 Å². The summed E-state index contributed by atoms with van der Waals surface area (Å²) in [6.07, 6.45) is 0.832. The fraction of sp³-hybridized carbons (Fsp3) is 0.778. The molecular formula is C9H20ClN3O2. The lowest BCUT2D eigenvalue weighted by Gasteiger charge is -2.16. The predicted octanol–water partition coefficient (Wildman–Crippen LogP) is -0.388. The summed E-state index contributed by atoms with van der Waals surface area (Å²) in [5.41, 5.74) is 0. The lowest BCUT2D eigenvalue weighted by atomic mass is 10.3. The first kappa shape index (κ1) is 16.6. The average Bonchev–Trinajstić information content (AvgIpc) is 2.21. The summed E-state index contributed by atoms with van der Waals surface area (Å²) in [5.74, 6) is 0.0153. The molecule has 0 rings (SSSR count). The highest BCUT2D eigenvalue weighted by molar-refractivity contribution is 5.85. The molecule has 2 N–H and O–H groups in total. The van der Waals surface area contributed by atoms with E-state index in [1.54, 1.807) is 26.0 Å². The van der Waals surface area contributed by atoms with E-state index in [-0.39, 0.29) is 24.2 Å². The van der Waals surface area contributed by atoms with Crippen molar-refractivity contribution in [2.75, 3.05) is 34.2 Å². The maximum Gasteiger partial charge on any atom is 0.223 e. The summed E-state index contributed by atoms with van der Waals surface area (Å²) >= 11 is 0. The fourth-order valence-corrected chi connectivity index (χ4v) is 0.942. The minimum atomic E-state index is -0.0433. The molecule has 0 fully saturated rings. The Morgan fingerprint density at radius 2 is 1.80 bits per heavy atom. The quantitative estimate of drug-likeness (QED) is 0.662. The zero-order chi connectivity index (χ0) is 11.0. The van der Waals surface area contributed by atoms with E-state index in [1.165, 1.54) is 0 Å². The van der Waals surface area contributed by atoms with Crippen molar-refractivity contribution in [1.29, 1.82) is 0 Å². The van der Waals surface area contributed by atoms with Gasteiger partial charge >= 0.3 is 0 Å². The molecular weight excluding hydrogens is 218 g/mol. The number of hydrogen-bond acceptors (Lipinski definition) is 3. The summed E-state index contributed by atoms with van der Waals surface area (Å²) in [6, 6.07) is 0. The highest BCUT2D eigenvalue weighted by Crippen LogP contribution is 1.92. The molecule has 5 nitrogen and oxygen atoms in total. The Hall–Kier alpha value is -0.810. The van der Waals surface area contributed by atoms with E-state index in [1.807, 2.05) is 0 Å². The molecule has 0 saturated heterocycles. The van der Waals surface area contributed by atoms with Crippen LogP contribution in [0.4, 0.5) is 0 Å². The number of rotatable bonds is 6. The molecule has 0 aromatic rings. The number of carbonyl (C=O) groups is 2. The Bertz CT molecular complexity index is 200. The van der Waals surface area contributed by atoms with E-state index < -0.39 is 0 Å². The fourth-order valence-electron chi connectivity index (χ4n) is 0.942. The highest BCUT2D eigenvalue weighted by Gasteiger charge is 2.08. The summed E-state index contributed by atoms with van der Waals surface area (Å²) in [4.78, 5) is 23.8. The minimum absolute atomic E-state index is 0. The van der Waals surface area contributed by atoms with E-state index in [0.717, 1.165) is 0 Å². The van der Waals surface area contributed by atoms with Crippen molar-refractivity contribution in [2.45, 2.75) is 12.8 Å². The molecule has 0 heterocycles. The molecule has 0 unspecified atom stereocenters. The van der Waals surface area contributed by atoms with Crippen molar-refractivity contribution in [2.24, 2.45) is 0 Å². The van der Waals surface area contributed by atoms with Crippen LogP contribution in [-0.2, 0) is 9.59 Å². The smallest absolute Gasteiger partial charge is 0.223 e. The maximum absolute atomic E-state index is 11.4. The number of halogens is 1. The molecule has 0 aromatic heterocycles. The molecule has 0 aromatic carbocycles. The first-order valence-electron chi connectivity index (χ1n) is 4.71. The second-order valence-electron chi connectivity index (χ2n) is 3.09. The molecule has 6 heteroatoms. The Morgan fingerprint density at radius 1 is 1.20 bits per heavy atom. The van der Waals surface area contributed by atoms with Crippen molar-refractivity contribution in [1.82, 2.24) is 15.5 Å². The van der Waals surface area contributed by atoms with Gasteiger partial charge in [-0.05, 0) is 7.05 Å². The van der Waals surface area contributed by atoms with Crippen LogP contribution >= 0.6 is 12.4 Å². The van der Waals surface area contributed by atoms with Crippen LogP contribution in [0.1, 0.15) is 12.8 Å². The number of amides is 2. The lowest BCUT2D eigenvalue weighted by molar-refractivity contribution is -0.130. The Kier molecular flexibility index (Phi) is 10.8. The molecule has 0 aliphatic carbocycles. The van der Waals surface area contributed by atoms with Gasteiger partial charge in [-0.25, -0.2) is 0 Å². The molecule has 90 valence electrons. The van der Waals surface area contributed by atoms with Crippen LogP contribution in [0.3, 0.4) is 0 Å². The Morgan fingerprint density at radius 3 is 2.27 bits per heavy atom. The van der Waals surface area contributed by atoms with Crippen molar-refractivity contribution in [3.05, 3.63) is 0 Å². The van der Waals surface area contributed by atoms with Crippen LogP contribution < -0.4 is 10.6 Å². The summed E-state index contributed by atoms with van der Waals surface area (Å²) in [7, 11) is 5.10. The minimum Gasteiger partial charge on any atom is -0.359 e. The van der Waals surface area contributed by atoms with Gasteiger partial charge < -0.3 is 15.5 Å². The third-order valence-electron chi connectivity index (χ3n) is 1.97. The highest BCUT2D eigenvalue weighted by atomic mass is 35.5. The van der Waals surface area contributed by atoms with E-state index in [2.05, 4.69) is 10.6 Å². The summed E-state index contributed by atoms with van der Waals surface area (Å²) < 4.78 is 0. The molecule has 0 spiro atoms. The van der Waals surface area contributed by atoms with Gasteiger partial charge in [0.2, 0.25) is 11.8 Å². The van der Waals surface area contributed by atoms with Crippen LogP contribution in [0.5, 0.6) is 0 Å². The van der Waals surface area contributed by atoms with E-state index >= 15 is 0 Å². The van der Waals surface area contributed by atoms with Crippen LogP contribution in [-0.4, -0.2) is 50.9 Å². The second-order valence-corrected chi connectivity index (χ2v) is 3.09.